The second-order valence-electron chi connectivity index (χ2n) is 13.0. The third kappa shape index (κ3) is 4.51. The Hall–Kier alpha value is -3.96. The summed E-state index contributed by atoms with van der Waals surface area (Å²) in [5.74, 6) is 2.20. The Bertz CT molecular complexity index is 1540. The van der Waals surface area contributed by atoms with Crippen LogP contribution >= 0.6 is 0 Å². The van der Waals surface area contributed by atoms with Gasteiger partial charge in [0.1, 0.15) is 0 Å². The zero-order valence-electron chi connectivity index (χ0n) is 24.5. The Kier molecular flexibility index (Phi) is 6.66. The molecule has 5 nitrogen and oxygen atoms in total. The molecule has 4 fully saturated rings. The van der Waals surface area contributed by atoms with E-state index in [9.17, 15) is 9.90 Å². The molecule has 42 heavy (non-hydrogen) atoms. The van der Waals surface area contributed by atoms with Crippen molar-refractivity contribution in [2.24, 2.45) is 22.9 Å². The second-order valence-corrected chi connectivity index (χ2v) is 13.0. The van der Waals surface area contributed by atoms with Gasteiger partial charge in [0.15, 0.2) is 5.60 Å². The molecule has 214 valence electrons. The molecule has 4 aliphatic carbocycles. The van der Waals surface area contributed by atoms with E-state index in [0.29, 0.717) is 16.5 Å². The predicted molar refractivity (Wildman–Crippen MR) is 167 cm³/mol. The van der Waals surface area contributed by atoms with Gasteiger partial charge in [-0.2, -0.15) is 5.10 Å². The van der Waals surface area contributed by atoms with Crippen molar-refractivity contribution in [2.45, 2.75) is 63.4 Å². The summed E-state index contributed by atoms with van der Waals surface area (Å²) in [6.45, 7) is 4.17. The summed E-state index contributed by atoms with van der Waals surface area (Å²) in [6, 6.07) is 29.3. The first kappa shape index (κ1) is 26.9. The highest BCUT2D eigenvalue weighted by Crippen LogP contribution is 2.60. The number of aliphatic hydroxyl groups is 1. The molecule has 0 spiro atoms. The van der Waals surface area contributed by atoms with Crippen LogP contribution in [-0.4, -0.2) is 21.8 Å². The maximum absolute atomic E-state index is 13.4. The maximum Gasteiger partial charge on any atom is 0.281 e. The standard InChI is InChI=1S/C37H39N3O2/c1-25-17-30(24-38-39-35(41)37(42,32-9-5-3-6-10-32)33-11-7-4-8-12-33)26(2)40(25)34-15-13-31(14-16-34)36-21-27-18-28(22-36)20-29(19-27)23-36/h3-17,24,27-29,42H,18-23H2,1-2H3,(H,39,41)/b38-24+. The smallest absolute Gasteiger partial charge is 0.281 e. The number of nitrogens with zero attached hydrogens (tertiary/aromatic N) is 2. The molecular weight excluding hydrogens is 518 g/mol. The Morgan fingerprint density at radius 3 is 1.90 bits per heavy atom. The van der Waals surface area contributed by atoms with E-state index < -0.39 is 11.5 Å². The van der Waals surface area contributed by atoms with E-state index in [1.807, 2.05) is 36.4 Å². The number of amides is 1. The first-order valence-electron chi connectivity index (χ1n) is 15.3. The molecule has 4 aliphatic rings. The zero-order valence-corrected chi connectivity index (χ0v) is 24.5. The van der Waals surface area contributed by atoms with Crippen LogP contribution in [0.5, 0.6) is 0 Å². The van der Waals surface area contributed by atoms with Crippen LogP contribution in [0.4, 0.5) is 0 Å². The van der Waals surface area contributed by atoms with Crippen molar-refractivity contribution in [3.8, 4) is 5.69 Å². The SMILES string of the molecule is Cc1cc(/C=N/NC(=O)C(O)(c2ccccc2)c2ccccc2)c(C)n1-c1ccc(C23CC4CC(CC(C4)C2)C3)cc1. The van der Waals surface area contributed by atoms with Crippen LogP contribution in [0.1, 0.15) is 72.2 Å². The summed E-state index contributed by atoms with van der Waals surface area (Å²) < 4.78 is 2.25. The minimum absolute atomic E-state index is 0.394. The van der Waals surface area contributed by atoms with Gasteiger partial charge in [0.25, 0.3) is 5.91 Å². The lowest BCUT2D eigenvalue weighted by atomic mass is 9.48. The van der Waals surface area contributed by atoms with Crippen molar-refractivity contribution < 1.29 is 9.90 Å². The van der Waals surface area contributed by atoms with Gasteiger partial charge in [-0.05, 0) is 110 Å². The lowest BCUT2D eigenvalue weighted by Gasteiger charge is -2.57. The summed E-state index contributed by atoms with van der Waals surface area (Å²) >= 11 is 0. The first-order chi connectivity index (χ1) is 20.4. The van der Waals surface area contributed by atoms with Crippen LogP contribution in [-0.2, 0) is 15.8 Å². The van der Waals surface area contributed by atoms with Crippen LogP contribution < -0.4 is 5.43 Å². The number of benzene rings is 3. The first-order valence-corrected chi connectivity index (χ1v) is 15.3. The molecule has 0 unspecified atom stereocenters. The number of nitrogens with one attached hydrogen (secondary N) is 1. The average Bonchev–Trinajstić information content (AvgIpc) is 3.29. The molecule has 1 heterocycles. The van der Waals surface area contributed by atoms with Gasteiger partial charge in [0, 0.05) is 22.6 Å². The maximum atomic E-state index is 13.4. The van der Waals surface area contributed by atoms with Gasteiger partial charge < -0.3 is 9.67 Å². The highest BCUT2D eigenvalue weighted by Gasteiger charge is 2.51. The third-order valence-electron chi connectivity index (χ3n) is 10.3. The Morgan fingerprint density at radius 2 is 1.38 bits per heavy atom. The zero-order chi connectivity index (χ0) is 28.9. The third-order valence-corrected chi connectivity index (χ3v) is 10.3. The highest BCUT2D eigenvalue weighted by molar-refractivity contribution is 5.91. The highest BCUT2D eigenvalue weighted by atomic mass is 16.3. The van der Waals surface area contributed by atoms with Crippen molar-refractivity contribution in [1.29, 1.82) is 0 Å². The molecule has 0 radical (unpaired) electrons. The van der Waals surface area contributed by atoms with Crippen molar-refractivity contribution in [2.75, 3.05) is 0 Å². The van der Waals surface area contributed by atoms with Crippen LogP contribution in [0.2, 0.25) is 0 Å². The molecule has 4 saturated carbocycles. The number of rotatable bonds is 7. The molecule has 3 aromatic carbocycles. The minimum atomic E-state index is -1.87. The van der Waals surface area contributed by atoms with Crippen LogP contribution in [0.3, 0.4) is 0 Å². The van der Waals surface area contributed by atoms with Crippen LogP contribution in [0, 0.1) is 31.6 Å². The topological polar surface area (TPSA) is 66.6 Å². The number of aryl methyl sites for hydroxylation is 1. The molecule has 4 bridgehead atoms. The normalized spacial score (nSPS) is 24.8. The number of hydrogen-bond acceptors (Lipinski definition) is 3. The predicted octanol–water partition coefficient (Wildman–Crippen LogP) is 6.95. The van der Waals surface area contributed by atoms with E-state index in [4.69, 9.17) is 0 Å². The minimum Gasteiger partial charge on any atom is -0.372 e. The number of hydrazone groups is 1. The van der Waals surface area contributed by atoms with Gasteiger partial charge in [-0.25, -0.2) is 5.43 Å². The monoisotopic (exact) mass is 557 g/mol. The summed E-state index contributed by atoms with van der Waals surface area (Å²) in [4.78, 5) is 13.4. The summed E-state index contributed by atoms with van der Waals surface area (Å²) in [5, 5.41) is 16.0. The van der Waals surface area contributed by atoms with Gasteiger partial charge in [-0.3, -0.25) is 4.79 Å². The molecule has 5 heteroatoms. The fourth-order valence-electron chi connectivity index (χ4n) is 8.77. The van der Waals surface area contributed by atoms with Crippen molar-refractivity contribution in [1.82, 2.24) is 9.99 Å². The molecule has 0 saturated heterocycles. The molecular formula is C37H39N3O2. The van der Waals surface area contributed by atoms with Gasteiger partial charge in [-0.15, -0.1) is 0 Å². The molecule has 4 aromatic rings. The van der Waals surface area contributed by atoms with Gasteiger partial charge in [0.2, 0.25) is 0 Å². The van der Waals surface area contributed by atoms with E-state index in [1.54, 1.807) is 30.5 Å². The average molecular weight is 558 g/mol. The fraction of sp³-hybridized carbons (Fsp3) is 0.351. The van der Waals surface area contributed by atoms with E-state index in [2.05, 4.69) is 59.3 Å². The summed E-state index contributed by atoms with van der Waals surface area (Å²) in [7, 11) is 0. The van der Waals surface area contributed by atoms with Crippen LogP contribution in [0.25, 0.3) is 5.69 Å². The Balaban J connectivity index is 1.11. The van der Waals surface area contributed by atoms with Gasteiger partial charge >= 0.3 is 0 Å². The second kappa shape index (κ2) is 10.4. The van der Waals surface area contributed by atoms with E-state index in [0.717, 1.165) is 40.4 Å². The van der Waals surface area contributed by atoms with Crippen molar-refractivity contribution >= 4 is 12.1 Å². The fourth-order valence-corrected chi connectivity index (χ4v) is 8.77. The molecule has 2 N–H and O–H groups in total. The van der Waals surface area contributed by atoms with Crippen LogP contribution in [0.15, 0.2) is 96.1 Å². The number of aromatic nitrogens is 1. The van der Waals surface area contributed by atoms with Gasteiger partial charge in [0.05, 0.1) is 6.21 Å². The molecule has 0 aliphatic heterocycles. The van der Waals surface area contributed by atoms with E-state index in [1.165, 1.54) is 44.1 Å². The number of carbonyl (C=O) groups excluding carboxylic acids is 1. The van der Waals surface area contributed by atoms with Crippen molar-refractivity contribution in [3.63, 3.8) is 0 Å². The quantitative estimate of drug-likeness (QED) is 0.191. The lowest BCUT2D eigenvalue weighted by molar-refractivity contribution is -0.136. The largest absolute Gasteiger partial charge is 0.372 e. The Labute approximate surface area is 248 Å². The molecule has 8 rings (SSSR count). The summed E-state index contributed by atoms with van der Waals surface area (Å²) in [6.07, 6.45) is 10.2. The Morgan fingerprint density at radius 1 is 0.857 bits per heavy atom. The number of hydrogen-bond donors (Lipinski definition) is 2. The molecule has 1 amide bonds. The molecule has 1 aromatic heterocycles. The lowest BCUT2D eigenvalue weighted by Crippen LogP contribution is -2.48. The van der Waals surface area contributed by atoms with Crippen molar-refractivity contribution in [3.05, 3.63) is 125 Å². The molecule has 0 atom stereocenters. The van der Waals surface area contributed by atoms with E-state index in [-0.39, 0.29) is 0 Å². The van der Waals surface area contributed by atoms with E-state index >= 15 is 0 Å². The van der Waals surface area contributed by atoms with Gasteiger partial charge in [-0.1, -0.05) is 72.8 Å². The summed E-state index contributed by atoms with van der Waals surface area (Å²) in [5.41, 5.74) is 7.85. The number of carbonyl (C=O) groups is 1.